The molecule has 4 rings (SSSR count). The quantitative estimate of drug-likeness (QED) is 0.411. The zero-order valence-corrected chi connectivity index (χ0v) is 14.4. The zero-order chi connectivity index (χ0) is 21.7. The molecule has 0 N–H and O–H groups in total. The maximum atomic E-state index is 13.4. The van der Waals surface area contributed by atoms with Crippen LogP contribution in [0.3, 0.4) is 0 Å². The van der Waals surface area contributed by atoms with E-state index in [1.165, 1.54) is 24.3 Å². The fourth-order valence-electron chi connectivity index (χ4n) is 2.64. The molecule has 0 atom stereocenters. The number of alkyl halides is 6. The van der Waals surface area contributed by atoms with E-state index in [0.717, 1.165) is 12.5 Å². The summed E-state index contributed by atoms with van der Waals surface area (Å²) in [7, 11) is 0. The van der Waals surface area contributed by atoms with Crippen molar-refractivity contribution in [1.82, 2.24) is 19.6 Å². The molecule has 0 amide bonds. The van der Waals surface area contributed by atoms with E-state index in [1.54, 1.807) is 0 Å². The Morgan fingerprint density at radius 1 is 0.767 bits per heavy atom. The summed E-state index contributed by atoms with van der Waals surface area (Å²) in [5, 5.41) is 6.98. The molecule has 0 unspecified atom stereocenters. The van der Waals surface area contributed by atoms with Gasteiger partial charge in [0.15, 0.2) is 22.9 Å². The molecule has 0 saturated heterocycles. The molecular formula is C17H8F6N4O3. The number of furan rings is 2. The van der Waals surface area contributed by atoms with Crippen LogP contribution in [0.25, 0.3) is 22.9 Å². The lowest BCUT2D eigenvalue weighted by Crippen LogP contribution is -2.30. The zero-order valence-electron chi connectivity index (χ0n) is 14.4. The molecular weight excluding hydrogens is 422 g/mol. The summed E-state index contributed by atoms with van der Waals surface area (Å²) in [6.07, 6.45) is -7.87. The molecule has 4 aromatic heterocycles. The van der Waals surface area contributed by atoms with Crippen LogP contribution in [0, 0.1) is 0 Å². The normalized spacial score (nSPS) is 12.5. The summed E-state index contributed by atoms with van der Waals surface area (Å²) >= 11 is 0. The first kappa shape index (κ1) is 19.5. The lowest BCUT2D eigenvalue weighted by molar-refractivity contribution is -0.143. The molecule has 0 aliphatic heterocycles. The highest BCUT2D eigenvalue weighted by Crippen LogP contribution is 2.35. The maximum absolute atomic E-state index is 13.4. The summed E-state index contributed by atoms with van der Waals surface area (Å²) in [6, 6.07) is 4.48. The number of carbonyl (C=O) groups excluding carboxylic acids is 1. The third-order valence-electron chi connectivity index (χ3n) is 3.91. The van der Waals surface area contributed by atoms with Crippen molar-refractivity contribution >= 4 is 6.03 Å². The van der Waals surface area contributed by atoms with E-state index in [-0.39, 0.29) is 20.9 Å². The molecule has 4 aromatic rings. The standard InChI is InChI=1S/C17H8F6N4O3/c18-16(19,20)13-7-9(11-3-1-5-29-11)24-26(13)15(28)27-14(17(21,22)23)8-10(25-27)12-4-2-6-30-12/h1-8H. The predicted molar refractivity (Wildman–Crippen MR) is 86.1 cm³/mol. The van der Waals surface area contributed by atoms with Crippen LogP contribution in [-0.2, 0) is 12.4 Å². The smallest absolute Gasteiger partial charge is 0.433 e. The lowest BCUT2D eigenvalue weighted by Gasteiger charge is -2.11. The third kappa shape index (κ3) is 3.38. The molecule has 156 valence electrons. The van der Waals surface area contributed by atoms with Gasteiger partial charge in [-0.15, -0.1) is 0 Å². The molecule has 0 bridgehead atoms. The van der Waals surface area contributed by atoms with Crippen LogP contribution in [0.2, 0.25) is 0 Å². The second-order valence-corrected chi connectivity index (χ2v) is 5.89. The van der Waals surface area contributed by atoms with Gasteiger partial charge in [-0.05, 0) is 24.3 Å². The second-order valence-electron chi connectivity index (χ2n) is 5.89. The highest BCUT2D eigenvalue weighted by atomic mass is 19.4. The van der Waals surface area contributed by atoms with Crippen molar-refractivity contribution in [2.24, 2.45) is 0 Å². The van der Waals surface area contributed by atoms with E-state index >= 15 is 0 Å². The molecule has 0 aliphatic rings. The van der Waals surface area contributed by atoms with Gasteiger partial charge in [0.25, 0.3) is 0 Å². The number of carbonyl (C=O) groups is 1. The van der Waals surface area contributed by atoms with Gasteiger partial charge in [0.05, 0.1) is 12.5 Å². The molecule has 0 aromatic carbocycles. The first-order valence-corrected chi connectivity index (χ1v) is 8.02. The van der Waals surface area contributed by atoms with E-state index in [0.29, 0.717) is 12.1 Å². The highest BCUT2D eigenvalue weighted by molar-refractivity contribution is 5.81. The van der Waals surface area contributed by atoms with Crippen LogP contribution in [0.15, 0.2) is 57.8 Å². The first-order chi connectivity index (χ1) is 14.1. The fourth-order valence-corrected chi connectivity index (χ4v) is 2.64. The van der Waals surface area contributed by atoms with Gasteiger partial charge in [0, 0.05) is 12.1 Å². The van der Waals surface area contributed by atoms with Crippen LogP contribution in [0.4, 0.5) is 31.1 Å². The van der Waals surface area contributed by atoms with Crippen molar-refractivity contribution in [3.05, 3.63) is 60.3 Å². The van der Waals surface area contributed by atoms with E-state index in [9.17, 15) is 31.1 Å². The second kappa shape index (κ2) is 6.64. The Morgan fingerprint density at radius 3 is 1.47 bits per heavy atom. The summed E-state index contributed by atoms with van der Waals surface area (Å²) < 4.78 is 90.1. The number of rotatable bonds is 2. The van der Waals surface area contributed by atoms with Crippen molar-refractivity contribution in [1.29, 1.82) is 0 Å². The highest BCUT2D eigenvalue weighted by Gasteiger charge is 2.42. The third-order valence-corrected chi connectivity index (χ3v) is 3.91. The molecule has 30 heavy (non-hydrogen) atoms. The Bertz CT molecular complexity index is 1090. The molecule has 0 saturated carbocycles. The Hall–Kier alpha value is -3.77. The van der Waals surface area contributed by atoms with Gasteiger partial charge in [0.1, 0.15) is 11.4 Å². The average Bonchev–Trinajstić information content (AvgIpc) is 3.46. The van der Waals surface area contributed by atoms with Crippen molar-refractivity contribution in [2.75, 3.05) is 0 Å². The van der Waals surface area contributed by atoms with E-state index in [1.807, 2.05) is 0 Å². The SMILES string of the molecule is O=C(n1nc(-c2ccco2)cc1C(F)(F)F)n1nc(-c2ccco2)cc1C(F)(F)F. The Labute approximate surface area is 162 Å². The van der Waals surface area contributed by atoms with Gasteiger partial charge in [0.2, 0.25) is 0 Å². The largest absolute Gasteiger partial charge is 0.463 e. The number of nitrogens with zero attached hydrogens (tertiary/aromatic N) is 4. The fraction of sp³-hybridized carbons (Fsp3) is 0.118. The molecule has 13 heteroatoms. The summed E-state index contributed by atoms with van der Waals surface area (Å²) in [6.45, 7) is 0. The van der Waals surface area contributed by atoms with Crippen LogP contribution in [0.5, 0.6) is 0 Å². The summed E-state index contributed by atoms with van der Waals surface area (Å²) in [5.41, 5.74) is -3.98. The number of hydrogen-bond acceptors (Lipinski definition) is 5. The lowest BCUT2D eigenvalue weighted by atomic mass is 10.3. The minimum atomic E-state index is -5.09. The molecule has 7 nitrogen and oxygen atoms in total. The summed E-state index contributed by atoms with van der Waals surface area (Å²) in [5.74, 6) is -0.223. The minimum absolute atomic E-state index is 0.111. The van der Waals surface area contributed by atoms with E-state index in [4.69, 9.17) is 8.83 Å². The van der Waals surface area contributed by atoms with Gasteiger partial charge in [-0.3, -0.25) is 0 Å². The molecule has 0 aliphatic carbocycles. The number of halogens is 6. The van der Waals surface area contributed by atoms with Gasteiger partial charge in [-0.2, -0.15) is 45.9 Å². The van der Waals surface area contributed by atoms with Gasteiger partial charge in [-0.1, -0.05) is 0 Å². The van der Waals surface area contributed by atoms with Crippen LogP contribution in [0.1, 0.15) is 11.4 Å². The van der Waals surface area contributed by atoms with E-state index < -0.39 is 41.2 Å². The topological polar surface area (TPSA) is 79.0 Å². The maximum Gasteiger partial charge on any atom is 0.433 e. The Balaban J connectivity index is 1.87. The van der Waals surface area contributed by atoms with Crippen molar-refractivity contribution < 1.29 is 40.0 Å². The minimum Gasteiger partial charge on any atom is -0.463 e. The van der Waals surface area contributed by atoms with Gasteiger partial charge in [-0.25, -0.2) is 4.79 Å². The number of hydrogen-bond donors (Lipinski definition) is 0. The number of aromatic nitrogens is 4. The van der Waals surface area contributed by atoms with Crippen LogP contribution in [-0.4, -0.2) is 25.6 Å². The Kier molecular flexibility index (Phi) is 4.33. The molecule has 0 spiro atoms. The first-order valence-electron chi connectivity index (χ1n) is 8.02. The summed E-state index contributed by atoms with van der Waals surface area (Å²) in [4.78, 5) is 12.7. The monoisotopic (exact) mass is 430 g/mol. The molecule has 0 radical (unpaired) electrons. The molecule has 4 heterocycles. The van der Waals surface area contributed by atoms with E-state index in [2.05, 4.69) is 10.2 Å². The van der Waals surface area contributed by atoms with Crippen LogP contribution < -0.4 is 0 Å². The van der Waals surface area contributed by atoms with Gasteiger partial charge < -0.3 is 8.83 Å². The van der Waals surface area contributed by atoms with Crippen molar-refractivity contribution in [3.8, 4) is 22.9 Å². The van der Waals surface area contributed by atoms with Crippen molar-refractivity contribution in [2.45, 2.75) is 12.4 Å². The van der Waals surface area contributed by atoms with Crippen molar-refractivity contribution in [3.63, 3.8) is 0 Å². The molecule has 0 fully saturated rings. The van der Waals surface area contributed by atoms with Gasteiger partial charge >= 0.3 is 18.4 Å². The Morgan fingerprint density at radius 2 is 1.17 bits per heavy atom. The van der Waals surface area contributed by atoms with Crippen LogP contribution >= 0.6 is 0 Å². The average molecular weight is 430 g/mol. The predicted octanol–water partition coefficient (Wildman–Crippen LogP) is 5.15.